The lowest BCUT2D eigenvalue weighted by molar-refractivity contribution is -0.706. The van der Waals surface area contributed by atoms with Crippen molar-refractivity contribution in [1.82, 2.24) is 0 Å². The van der Waals surface area contributed by atoms with E-state index in [1.807, 2.05) is 72.9 Å². The molecule has 2 atom stereocenters. The first kappa shape index (κ1) is 17.8. The van der Waals surface area contributed by atoms with Crippen molar-refractivity contribution in [3.63, 3.8) is 0 Å². The number of ether oxygens (including phenoxy) is 1. The molecule has 0 fully saturated rings. The molecule has 134 valence electrons. The van der Waals surface area contributed by atoms with Gasteiger partial charge in [0.05, 0.1) is 13.4 Å². The molecule has 0 aliphatic rings. The molecule has 0 unspecified atom stereocenters. The Balaban J connectivity index is 1.73. The van der Waals surface area contributed by atoms with Crippen molar-refractivity contribution in [3.8, 4) is 5.75 Å². The smallest absolute Gasteiger partial charge is 0.282 e. The molecular formula is C21H23N2O3+. The predicted molar refractivity (Wildman–Crippen MR) is 100 cm³/mol. The van der Waals surface area contributed by atoms with Crippen LogP contribution in [0.15, 0.2) is 77.4 Å². The zero-order chi connectivity index (χ0) is 18.4. The van der Waals surface area contributed by atoms with Gasteiger partial charge in [-0.05, 0) is 31.2 Å². The first-order valence-corrected chi connectivity index (χ1v) is 8.55. The summed E-state index contributed by atoms with van der Waals surface area (Å²) in [6.07, 6.45) is 1.65. The highest BCUT2D eigenvalue weighted by atomic mass is 16.5. The monoisotopic (exact) mass is 351 g/mol. The van der Waals surface area contributed by atoms with Gasteiger partial charge in [-0.3, -0.25) is 4.79 Å². The minimum absolute atomic E-state index is 0.0780. The van der Waals surface area contributed by atoms with E-state index in [0.717, 1.165) is 11.3 Å². The number of quaternary nitrogens is 1. The van der Waals surface area contributed by atoms with Crippen LogP contribution in [0, 0.1) is 0 Å². The molecule has 3 rings (SSSR count). The lowest BCUT2D eigenvalue weighted by Crippen LogP contribution is -2.92. The number of amides is 1. The summed E-state index contributed by atoms with van der Waals surface area (Å²) in [5.74, 6) is 1.44. The van der Waals surface area contributed by atoms with Gasteiger partial charge < -0.3 is 19.8 Å². The summed E-state index contributed by atoms with van der Waals surface area (Å²) >= 11 is 0. The highest BCUT2D eigenvalue weighted by Gasteiger charge is 2.26. The maximum absolute atomic E-state index is 12.6. The molecule has 0 aliphatic heterocycles. The fourth-order valence-electron chi connectivity index (χ4n) is 2.83. The Morgan fingerprint density at radius 1 is 1.08 bits per heavy atom. The minimum Gasteiger partial charge on any atom is -0.497 e. The van der Waals surface area contributed by atoms with Gasteiger partial charge in [-0.15, -0.1) is 0 Å². The molecule has 0 radical (unpaired) electrons. The SMILES string of the molecule is COc1cccc(NC(=O)[C@@H](C)[NH2+][C@H](c2ccccc2)c2ccco2)c1. The molecule has 2 aromatic carbocycles. The van der Waals surface area contributed by atoms with Gasteiger partial charge in [0, 0.05) is 17.3 Å². The summed E-state index contributed by atoms with van der Waals surface area (Å²) in [6.45, 7) is 1.88. The Morgan fingerprint density at radius 3 is 2.58 bits per heavy atom. The molecule has 5 heteroatoms. The van der Waals surface area contributed by atoms with E-state index in [-0.39, 0.29) is 18.0 Å². The van der Waals surface area contributed by atoms with E-state index in [4.69, 9.17) is 9.15 Å². The second kappa shape index (κ2) is 8.36. The third kappa shape index (κ3) is 4.32. The van der Waals surface area contributed by atoms with Crippen LogP contribution in [0.3, 0.4) is 0 Å². The van der Waals surface area contributed by atoms with Crippen molar-refractivity contribution in [1.29, 1.82) is 0 Å². The Hall–Kier alpha value is -3.05. The number of hydrogen-bond donors (Lipinski definition) is 2. The fraction of sp³-hybridized carbons (Fsp3) is 0.190. The lowest BCUT2D eigenvalue weighted by atomic mass is 10.0. The van der Waals surface area contributed by atoms with E-state index in [2.05, 4.69) is 5.32 Å². The van der Waals surface area contributed by atoms with E-state index in [1.54, 1.807) is 19.4 Å². The van der Waals surface area contributed by atoms with Crippen LogP contribution in [0.5, 0.6) is 5.75 Å². The molecule has 0 aliphatic carbocycles. The molecular weight excluding hydrogens is 328 g/mol. The maximum Gasteiger partial charge on any atom is 0.282 e. The van der Waals surface area contributed by atoms with Crippen LogP contribution in [0.1, 0.15) is 24.3 Å². The fourth-order valence-corrected chi connectivity index (χ4v) is 2.83. The van der Waals surface area contributed by atoms with Gasteiger partial charge in [0.15, 0.2) is 17.8 Å². The van der Waals surface area contributed by atoms with Crippen LogP contribution in [0.2, 0.25) is 0 Å². The molecule has 1 heterocycles. The zero-order valence-corrected chi connectivity index (χ0v) is 14.9. The van der Waals surface area contributed by atoms with Crippen LogP contribution in [0.25, 0.3) is 0 Å². The summed E-state index contributed by atoms with van der Waals surface area (Å²) in [5, 5.41) is 4.94. The van der Waals surface area contributed by atoms with Crippen LogP contribution >= 0.6 is 0 Å². The van der Waals surface area contributed by atoms with Crippen molar-refractivity contribution >= 4 is 11.6 Å². The summed E-state index contributed by atoms with van der Waals surface area (Å²) in [4.78, 5) is 12.6. The van der Waals surface area contributed by atoms with Crippen molar-refractivity contribution in [2.45, 2.75) is 19.0 Å². The molecule has 0 saturated carbocycles. The molecule has 0 spiro atoms. The predicted octanol–water partition coefficient (Wildman–Crippen LogP) is 2.97. The van der Waals surface area contributed by atoms with Gasteiger partial charge in [0.2, 0.25) is 0 Å². The van der Waals surface area contributed by atoms with E-state index in [9.17, 15) is 4.79 Å². The summed E-state index contributed by atoms with van der Waals surface area (Å²) in [5.41, 5.74) is 1.80. The van der Waals surface area contributed by atoms with Crippen LogP contribution < -0.4 is 15.4 Å². The largest absolute Gasteiger partial charge is 0.497 e. The van der Waals surface area contributed by atoms with Gasteiger partial charge in [0.25, 0.3) is 5.91 Å². The van der Waals surface area contributed by atoms with E-state index >= 15 is 0 Å². The third-order valence-electron chi connectivity index (χ3n) is 4.24. The number of hydrogen-bond acceptors (Lipinski definition) is 3. The van der Waals surface area contributed by atoms with Crippen LogP contribution in [-0.2, 0) is 4.79 Å². The third-order valence-corrected chi connectivity index (χ3v) is 4.24. The molecule has 0 saturated heterocycles. The first-order valence-electron chi connectivity index (χ1n) is 8.55. The number of nitrogens with two attached hydrogens (primary N) is 1. The standard InChI is InChI=1S/C21H22N2O3/c1-15(21(24)23-17-10-6-11-18(14-17)25-2)22-20(19-12-7-13-26-19)16-8-4-3-5-9-16/h3-15,20,22H,1-2H3,(H,23,24)/p+1/t15-,20-/m1/s1. The van der Waals surface area contributed by atoms with Gasteiger partial charge in [-0.2, -0.15) is 0 Å². The van der Waals surface area contributed by atoms with Crippen LogP contribution in [0.4, 0.5) is 5.69 Å². The number of carbonyl (C=O) groups is 1. The Bertz CT molecular complexity index is 831. The molecule has 3 aromatic rings. The Labute approximate surface area is 153 Å². The molecule has 1 amide bonds. The maximum atomic E-state index is 12.6. The molecule has 3 N–H and O–H groups in total. The quantitative estimate of drug-likeness (QED) is 0.688. The van der Waals surface area contributed by atoms with E-state index in [0.29, 0.717) is 11.4 Å². The topological polar surface area (TPSA) is 68.1 Å². The molecule has 5 nitrogen and oxygen atoms in total. The Morgan fingerprint density at radius 2 is 1.88 bits per heavy atom. The second-order valence-electron chi connectivity index (χ2n) is 6.11. The average molecular weight is 351 g/mol. The molecule has 0 bridgehead atoms. The summed E-state index contributed by atoms with van der Waals surface area (Å²) in [6, 6.07) is 20.7. The number of nitrogens with one attached hydrogen (secondary N) is 1. The number of benzene rings is 2. The lowest BCUT2D eigenvalue weighted by Gasteiger charge is -2.19. The van der Waals surface area contributed by atoms with Gasteiger partial charge in [0.1, 0.15) is 5.75 Å². The number of anilines is 1. The van der Waals surface area contributed by atoms with Gasteiger partial charge >= 0.3 is 0 Å². The van der Waals surface area contributed by atoms with Crippen molar-refractivity contribution in [2.24, 2.45) is 0 Å². The number of methoxy groups -OCH3 is 1. The average Bonchev–Trinajstić information content (AvgIpc) is 3.21. The highest BCUT2D eigenvalue weighted by molar-refractivity contribution is 5.93. The van der Waals surface area contributed by atoms with Crippen molar-refractivity contribution < 1.29 is 19.3 Å². The van der Waals surface area contributed by atoms with Gasteiger partial charge in [-0.1, -0.05) is 36.4 Å². The van der Waals surface area contributed by atoms with E-state index < -0.39 is 0 Å². The highest BCUT2D eigenvalue weighted by Crippen LogP contribution is 2.19. The number of carbonyl (C=O) groups excluding carboxylic acids is 1. The molecule has 1 aromatic heterocycles. The molecule has 26 heavy (non-hydrogen) atoms. The Kier molecular flexibility index (Phi) is 5.71. The summed E-state index contributed by atoms with van der Waals surface area (Å²) < 4.78 is 10.8. The van der Waals surface area contributed by atoms with Crippen LogP contribution in [-0.4, -0.2) is 19.1 Å². The van der Waals surface area contributed by atoms with Gasteiger partial charge in [-0.25, -0.2) is 0 Å². The summed E-state index contributed by atoms with van der Waals surface area (Å²) in [7, 11) is 1.60. The number of furan rings is 1. The zero-order valence-electron chi connectivity index (χ0n) is 14.9. The van der Waals surface area contributed by atoms with Crippen molar-refractivity contribution in [3.05, 3.63) is 84.3 Å². The second-order valence-corrected chi connectivity index (χ2v) is 6.11. The normalized spacial score (nSPS) is 13.0. The number of rotatable bonds is 7. The minimum atomic E-state index is -0.309. The van der Waals surface area contributed by atoms with Crippen molar-refractivity contribution in [2.75, 3.05) is 12.4 Å². The van der Waals surface area contributed by atoms with E-state index in [1.165, 1.54) is 0 Å². The first-order chi connectivity index (χ1) is 12.7.